The van der Waals surface area contributed by atoms with E-state index in [2.05, 4.69) is 6.92 Å². The van der Waals surface area contributed by atoms with Gasteiger partial charge in [-0.25, -0.2) is 0 Å². The Kier molecular flexibility index (Phi) is 4.70. The Bertz CT molecular complexity index is 275. The third kappa shape index (κ3) is 3.14. The molecule has 2 N–H and O–H groups in total. The summed E-state index contributed by atoms with van der Waals surface area (Å²) >= 11 is 1.98. The molecule has 1 amide bonds. The van der Waals surface area contributed by atoms with E-state index in [0.717, 1.165) is 38.1 Å². The minimum atomic E-state index is -0.232. The van der Waals surface area contributed by atoms with Gasteiger partial charge in [0.25, 0.3) is 5.91 Å². The first kappa shape index (κ1) is 13.2. The fourth-order valence-corrected chi connectivity index (χ4v) is 3.61. The van der Waals surface area contributed by atoms with E-state index in [1.54, 1.807) is 0 Å². The van der Waals surface area contributed by atoms with Gasteiger partial charge in [-0.1, -0.05) is 6.92 Å². The maximum atomic E-state index is 12.3. The van der Waals surface area contributed by atoms with E-state index in [0.29, 0.717) is 11.8 Å². The van der Waals surface area contributed by atoms with Gasteiger partial charge in [-0.05, 0) is 19.3 Å². The Hall–Kier alpha value is -0.260. The third-order valence-corrected chi connectivity index (χ3v) is 4.92. The molecule has 2 rings (SSSR count). The summed E-state index contributed by atoms with van der Waals surface area (Å²) in [7, 11) is 0. The van der Waals surface area contributed by atoms with E-state index in [1.807, 2.05) is 16.7 Å². The highest BCUT2D eigenvalue weighted by molar-refractivity contribution is 8.00. The van der Waals surface area contributed by atoms with Gasteiger partial charge in [0.1, 0.15) is 6.10 Å². The van der Waals surface area contributed by atoms with E-state index in [-0.39, 0.29) is 18.1 Å². The van der Waals surface area contributed by atoms with E-state index in [4.69, 9.17) is 10.5 Å². The van der Waals surface area contributed by atoms with Crippen molar-refractivity contribution < 1.29 is 9.53 Å². The number of hydrogen-bond acceptors (Lipinski definition) is 4. The molecule has 0 radical (unpaired) electrons. The van der Waals surface area contributed by atoms with Crippen LogP contribution in [0.2, 0.25) is 0 Å². The maximum Gasteiger partial charge on any atom is 0.251 e. The van der Waals surface area contributed by atoms with Crippen LogP contribution in [0, 0.1) is 0 Å². The van der Waals surface area contributed by atoms with E-state index in [9.17, 15) is 4.79 Å². The summed E-state index contributed by atoms with van der Waals surface area (Å²) in [5, 5.41) is 0.597. The summed E-state index contributed by atoms with van der Waals surface area (Å²) in [6, 6.07) is 0. The predicted octanol–water partition coefficient (Wildman–Crippen LogP) is 0.847. The highest BCUT2D eigenvalue weighted by Gasteiger charge is 2.34. The maximum absolute atomic E-state index is 12.3. The molecule has 0 saturated carbocycles. The number of ether oxygens (including phenoxy) is 1. The molecule has 0 spiro atoms. The Balaban J connectivity index is 1.87. The van der Waals surface area contributed by atoms with E-state index in [1.165, 1.54) is 0 Å². The quantitative estimate of drug-likeness (QED) is 0.815. The van der Waals surface area contributed by atoms with Gasteiger partial charge < -0.3 is 15.4 Å². The van der Waals surface area contributed by atoms with E-state index >= 15 is 0 Å². The van der Waals surface area contributed by atoms with Crippen molar-refractivity contribution in [3.8, 4) is 0 Å². The van der Waals surface area contributed by atoms with Crippen LogP contribution in [0.15, 0.2) is 0 Å². The van der Waals surface area contributed by atoms with Crippen LogP contribution >= 0.6 is 11.8 Å². The van der Waals surface area contributed by atoms with Crippen LogP contribution in [0.4, 0.5) is 0 Å². The van der Waals surface area contributed by atoms with Gasteiger partial charge in [-0.2, -0.15) is 11.8 Å². The van der Waals surface area contributed by atoms with Crippen molar-refractivity contribution in [1.29, 1.82) is 0 Å². The lowest BCUT2D eigenvalue weighted by molar-refractivity contribution is -0.142. The Morgan fingerprint density at radius 2 is 2.35 bits per heavy atom. The largest absolute Gasteiger partial charge is 0.364 e. The minimum Gasteiger partial charge on any atom is -0.364 e. The first-order valence-corrected chi connectivity index (χ1v) is 7.55. The van der Waals surface area contributed by atoms with Crippen molar-refractivity contribution in [3.63, 3.8) is 0 Å². The number of thioether (sulfide) groups is 1. The fraction of sp³-hybridized carbons (Fsp3) is 0.917. The minimum absolute atomic E-state index is 0.0880. The zero-order valence-corrected chi connectivity index (χ0v) is 11.2. The summed E-state index contributed by atoms with van der Waals surface area (Å²) in [4.78, 5) is 14.3. The van der Waals surface area contributed by atoms with Crippen LogP contribution in [0.1, 0.15) is 26.2 Å². The summed E-state index contributed by atoms with van der Waals surface area (Å²) in [5.41, 5.74) is 5.56. The van der Waals surface area contributed by atoms with Crippen LogP contribution in [-0.2, 0) is 9.53 Å². The molecule has 17 heavy (non-hydrogen) atoms. The third-order valence-electron chi connectivity index (χ3n) is 3.55. The lowest BCUT2D eigenvalue weighted by Crippen LogP contribution is -2.46. The topological polar surface area (TPSA) is 55.6 Å². The number of amides is 1. The number of carbonyl (C=O) groups excluding carboxylic acids is 1. The van der Waals surface area contributed by atoms with Crippen LogP contribution in [0.25, 0.3) is 0 Å². The SMILES string of the molecule is CCC1CN(C(=O)[C@@H]2CC[C@H](CN)O2)CCS1. The van der Waals surface area contributed by atoms with Gasteiger partial charge in [0.15, 0.2) is 0 Å². The highest BCUT2D eigenvalue weighted by Crippen LogP contribution is 2.25. The fourth-order valence-electron chi connectivity index (χ4n) is 2.43. The number of hydrogen-bond donors (Lipinski definition) is 1. The van der Waals surface area contributed by atoms with Crippen molar-refractivity contribution in [1.82, 2.24) is 4.90 Å². The first-order chi connectivity index (χ1) is 8.24. The summed E-state index contributed by atoms with van der Waals surface area (Å²) in [6.45, 7) is 4.46. The Labute approximate surface area is 107 Å². The monoisotopic (exact) mass is 258 g/mol. The molecule has 0 bridgehead atoms. The molecule has 0 aromatic carbocycles. The number of rotatable bonds is 3. The second-order valence-corrected chi connectivity index (χ2v) is 6.15. The molecule has 1 unspecified atom stereocenters. The molecular weight excluding hydrogens is 236 g/mol. The first-order valence-electron chi connectivity index (χ1n) is 6.50. The van der Waals surface area contributed by atoms with Crippen molar-refractivity contribution in [2.75, 3.05) is 25.4 Å². The van der Waals surface area contributed by atoms with Crippen LogP contribution in [0.3, 0.4) is 0 Å². The lowest BCUT2D eigenvalue weighted by Gasteiger charge is -2.33. The number of nitrogens with two attached hydrogens (primary N) is 1. The zero-order valence-electron chi connectivity index (χ0n) is 10.4. The molecule has 2 saturated heterocycles. The second kappa shape index (κ2) is 6.07. The molecule has 0 aromatic rings. The Morgan fingerprint density at radius 1 is 1.53 bits per heavy atom. The Morgan fingerprint density at radius 3 is 3.00 bits per heavy atom. The van der Waals surface area contributed by atoms with Gasteiger partial charge >= 0.3 is 0 Å². The molecule has 4 nitrogen and oxygen atoms in total. The number of nitrogens with zero attached hydrogens (tertiary/aromatic N) is 1. The van der Waals surface area contributed by atoms with Crippen LogP contribution < -0.4 is 5.73 Å². The molecule has 0 aliphatic carbocycles. The smallest absolute Gasteiger partial charge is 0.251 e. The summed E-state index contributed by atoms with van der Waals surface area (Å²) in [5.74, 6) is 1.23. The zero-order chi connectivity index (χ0) is 12.3. The van der Waals surface area contributed by atoms with Crippen LogP contribution in [0.5, 0.6) is 0 Å². The molecular formula is C12H22N2O2S. The molecule has 2 heterocycles. The van der Waals surface area contributed by atoms with Crippen molar-refractivity contribution in [2.45, 2.75) is 43.6 Å². The second-order valence-electron chi connectivity index (χ2n) is 4.75. The highest BCUT2D eigenvalue weighted by atomic mass is 32.2. The van der Waals surface area contributed by atoms with Gasteiger partial charge in [0.2, 0.25) is 0 Å². The number of carbonyl (C=O) groups is 1. The standard InChI is InChI=1S/C12H22N2O2S/c1-2-10-8-14(5-6-17-10)12(15)11-4-3-9(7-13)16-11/h9-11H,2-8,13H2,1H3/t9-,10?,11+/m1/s1. The van der Waals surface area contributed by atoms with Gasteiger partial charge in [0, 0.05) is 30.6 Å². The lowest BCUT2D eigenvalue weighted by atomic mass is 10.1. The van der Waals surface area contributed by atoms with Crippen molar-refractivity contribution in [2.24, 2.45) is 5.73 Å². The van der Waals surface area contributed by atoms with Crippen molar-refractivity contribution >= 4 is 17.7 Å². The average molecular weight is 258 g/mol. The normalized spacial score (nSPS) is 34.0. The average Bonchev–Trinajstić information content (AvgIpc) is 2.86. The summed E-state index contributed by atoms with van der Waals surface area (Å²) < 4.78 is 5.67. The molecule has 2 aliphatic heterocycles. The molecule has 2 aliphatic rings. The molecule has 5 heteroatoms. The van der Waals surface area contributed by atoms with Gasteiger partial charge in [-0.3, -0.25) is 4.79 Å². The molecule has 2 fully saturated rings. The van der Waals surface area contributed by atoms with Gasteiger partial charge in [-0.15, -0.1) is 0 Å². The molecule has 98 valence electrons. The van der Waals surface area contributed by atoms with Gasteiger partial charge in [0.05, 0.1) is 6.10 Å². The molecule has 0 aromatic heterocycles. The van der Waals surface area contributed by atoms with Crippen LogP contribution in [-0.4, -0.2) is 53.7 Å². The summed E-state index contributed by atoms with van der Waals surface area (Å²) in [6.07, 6.45) is 2.74. The predicted molar refractivity (Wildman–Crippen MR) is 70.1 cm³/mol. The molecule has 3 atom stereocenters. The van der Waals surface area contributed by atoms with E-state index < -0.39 is 0 Å². The van der Waals surface area contributed by atoms with Crippen molar-refractivity contribution in [3.05, 3.63) is 0 Å².